The summed E-state index contributed by atoms with van der Waals surface area (Å²) in [4.78, 5) is 21.4. The van der Waals surface area contributed by atoms with E-state index in [-0.39, 0.29) is 30.8 Å². The average molecular weight is 468 g/mol. The highest BCUT2D eigenvalue weighted by Crippen LogP contribution is 2.38. The van der Waals surface area contributed by atoms with E-state index in [4.69, 9.17) is 18.7 Å². The Morgan fingerprint density at radius 1 is 1.29 bits per heavy atom. The molecule has 0 radical (unpaired) electrons. The van der Waals surface area contributed by atoms with Crippen molar-refractivity contribution in [2.45, 2.75) is 32.3 Å². The lowest BCUT2D eigenvalue weighted by atomic mass is 9.94. The Kier molecular flexibility index (Phi) is 6.49. The van der Waals surface area contributed by atoms with E-state index in [1.165, 1.54) is 31.6 Å². The molecule has 0 saturated carbocycles. The summed E-state index contributed by atoms with van der Waals surface area (Å²) in [6, 6.07) is 7.94. The fourth-order valence-electron chi connectivity index (χ4n) is 3.74. The summed E-state index contributed by atoms with van der Waals surface area (Å²) in [5.41, 5.74) is 1.20. The third kappa shape index (κ3) is 4.30. The standard InChI is InChI=1S/C24H25FN4O5/c1-5-32-22(30)24(19-7-9-33-29-19)13-27-23(34-24)28-21-17(14(2)3)11-16(25)12-18(21)15-6-8-26-20(10-15)31-4/h6-12,14H,5,13H2,1-4H3,(H,27,28). The Hall–Kier alpha value is -3.95. The van der Waals surface area contributed by atoms with E-state index in [0.717, 1.165) is 0 Å². The molecule has 9 nitrogen and oxygen atoms in total. The van der Waals surface area contributed by atoms with Gasteiger partial charge in [0.2, 0.25) is 5.88 Å². The van der Waals surface area contributed by atoms with Crippen LogP contribution in [0.2, 0.25) is 0 Å². The monoisotopic (exact) mass is 468 g/mol. The summed E-state index contributed by atoms with van der Waals surface area (Å²) in [5.74, 6) is -0.668. The summed E-state index contributed by atoms with van der Waals surface area (Å²) in [6.07, 6.45) is 2.93. The van der Waals surface area contributed by atoms with E-state index in [1.807, 2.05) is 13.8 Å². The number of carbonyl (C=O) groups is 1. The molecule has 3 aromatic rings. The number of nitrogens with zero attached hydrogens (tertiary/aromatic N) is 3. The van der Waals surface area contributed by atoms with E-state index in [1.54, 1.807) is 25.3 Å². The largest absolute Gasteiger partial charge is 0.481 e. The van der Waals surface area contributed by atoms with Gasteiger partial charge in [-0.2, -0.15) is 0 Å². The second-order valence-electron chi connectivity index (χ2n) is 7.94. The van der Waals surface area contributed by atoms with Crippen LogP contribution in [0.3, 0.4) is 0 Å². The minimum Gasteiger partial charge on any atom is -0.481 e. The van der Waals surface area contributed by atoms with Gasteiger partial charge in [-0.3, -0.25) is 0 Å². The molecule has 0 amide bonds. The van der Waals surface area contributed by atoms with Crippen molar-refractivity contribution >= 4 is 17.7 Å². The number of carbonyl (C=O) groups excluding carboxylic acids is 1. The van der Waals surface area contributed by atoms with Gasteiger partial charge < -0.3 is 24.1 Å². The van der Waals surface area contributed by atoms with E-state index < -0.39 is 17.4 Å². The number of halogens is 1. The number of aromatic nitrogens is 2. The molecule has 0 bridgehead atoms. The molecule has 1 aliphatic rings. The predicted molar refractivity (Wildman–Crippen MR) is 122 cm³/mol. The second kappa shape index (κ2) is 9.50. The van der Waals surface area contributed by atoms with Gasteiger partial charge in [0.15, 0.2) is 0 Å². The zero-order chi connectivity index (χ0) is 24.3. The fourth-order valence-corrected chi connectivity index (χ4v) is 3.74. The Labute approximate surface area is 195 Å². The summed E-state index contributed by atoms with van der Waals surface area (Å²) in [7, 11) is 1.51. The van der Waals surface area contributed by atoms with Crippen molar-refractivity contribution in [1.82, 2.24) is 10.1 Å². The lowest BCUT2D eigenvalue weighted by molar-refractivity contribution is -0.162. The quantitative estimate of drug-likeness (QED) is 0.513. The predicted octanol–water partition coefficient (Wildman–Crippen LogP) is 4.26. The second-order valence-corrected chi connectivity index (χ2v) is 7.94. The molecule has 4 rings (SSSR count). The highest BCUT2D eigenvalue weighted by molar-refractivity contribution is 5.99. The molecule has 0 fully saturated rings. The first-order chi connectivity index (χ1) is 16.4. The van der Waals surface area contributed by atoms with Crippen molar-refractivity contribution in [2.75, 3.05) is 25.6 Å². The number of esters is 1. The number of benzene rings is 1. The number of hydrogen-bond donors (Lipinski definition) is 1. The first-order valence-electron chi connectivity index (χ1n) is 10.8. The van der Waals surface area contributed by atoms with E-state index >= 15 is 0 Å². The van der Waals surface area contributed by atoms with Gasteiger partial charge in [0, 0.05) is 23.9 Å². The van der Waals surface area contributed by atoms with Crippen LogP contribution in [-0.2, 0) is 19.9 Å². The lowest BCUT2D eigenvalue weighted by Crippen LogP contribution is -2.42. The maximum Gasteiger partial charge on any atom is 0.359 e. The van der Waals surface area contributed by atoms with Gasteiger partial charge in [0.05, 0.1) is 19.4 Å². The topological polar surface area (TPSA) is 108 Å². The van der Waals surface area contributed by atoms with Crippen molar-refractivity contribution in [1.29, 1.82) is 0 Å². The van der Waals surface area contributed by atoms with Crippen LogP contribution in [0.5, 0.6) is 5.88 Å². The van der Waals surface area contributed by atoms with Crippen molar-refractivity contribution in [3.8, 4) is 17.0 Å². The van der Waals surface area contributed by atoms with Gasteiger partial charge in [-0.15, -0.1) is 0 Å². The average Bonchev–Trinajstić information content (AvgIpc) is 3.51. The normalized spacial score (nSPS) is 17.3. The molecule has 1 aromatic carbocycles. The molecule has 0 spiro atoms. The van der Waals surface area contributed by atoms with Crippen LogP contribution < -0.4 is 10.1 Å². The molecule has 178 valence electrons. The highest BCUT2D eigenvalue weighted by Gasteiger charge is 2.51. The number of rotatable bonds is 7. The summed E-state index contributed by atoms with van der Waals surface area (Å²) in [6.45, 7) is 5.70. The molecule has 3 heterocycles. The Bertz CT molecular complexity index is 1210. The Balaban J connectivity index is 1.74. The summed E-state index contributed by atoms with van der Waals surface area (Å²) >= 11 is 0. The van der Waals surface area contributed by atoms with E-state index in [9.17, 15) is 9.18 Å². The van der Waals surface area contributed by atoms with E-state index in [0.29, 0.717) is 28.3 Å². The van der Waals surface area contributed by atoms with Crippen molar-refractivity contribution < 1.29 is 27.9 Å². The SMILES string of the molecule is CCOC(=O)C1(c2ccon2)CN=C(Nc2c(-c3ccnc(OC)c3)cc(F)cc2C(C)C)O1. The number of aliphatic imine (C=N–C) groups is 1. The third-order valence-corrected chi connectivity index (χ3v) is 5.42. The molecule has 34 heavy (non-hydrogen) atoms. The van der Waals surface area contributed by atoms with Gasteiger partial charge >= 0.3 is 5.97 Å². The van der Waals surface area contributed by atoms with Crippen molar-refractivity contribution in [3.05, 3.63) is 59.9 Å². The number of amidine groups is 1. The van der Waals surface area contributed by atoms with Crippen LogP contribution in [0.25, 0.3) is 11.1 Å². The number of nitrogens with one attached hydrogen (secondary N) is 1. The zero-order valence-corrected chi connectivity index (χ0v) is 19.3. The number of ether oxygens (including phenoxy) is 3. The van der Waals surface area contributed by atoms with E-state index in [2.05, 4.69) is 20.4 Å². The fraction of sp³-hybridized carbons (Fsp3) is 0.333. The van der Waals surface area contributed by atoms with Gasteiger partial charge in [0.25, 0.3) is 11.6 Å². The smallest absolute Gasteiger partial charge is 0.359 e. The molecule has 0 aliphatic carbocycles. The van der Waals surface area contributed by atoms with Crippen LogP contribution in [0.15, 0.2) is 52.3 Å². The maximum absolute atomic E-state index is 14.6. The van der Waals surface area contributed by atoms with Gasteiger partial charge in [-0.05, 0) is 42.2 Å². The molecule has 2 aromatic heterocycles. The van der Waals surface area contributed by atoms with Crippen LogP contribution in [0.1, 0.15) is 37.9 Å². The maximum atomic E-state index is 14.6. The third-order valence-electron chi connectivity index (χ3n) is 5.42. The van der Waals surface area contributed by atoms with Gasteiger partial charge in [-0.25, -0.2) is 19.2 Å². The number of methoxy groups -OCH3 is 1. The van der Waals surface area contributed by atoms with Crippen LogP contribution in [0.4, 0.5) is 10.1 Å². The molecule has 1 atom stereocenters. The van der Waals surface area contributed by atoms with Crippen LogP contribution in [-0.4, -0.2) is 42.4 Å². The molecule has 1 N–H and O–H groups in total. The van der Waals surface area contributed by atoms with Crippen LogP contribution >= 0.6 is 0 Å². The molecular formula is C24H25FN4O5. The minimum atomic E-state index is -1.58. The summed E-state index contributed by atoms with van der Waals surface area (Å²) < 4.78 is 36.0. The first kappa shape index (κ1) is 23.2. The Morgan fingerprint density at radius 2 is 2.12 bits per heavy atom. The van der Waals surface area contributed by atoms with Gasteiger partial charge in [-0.1, -0.05) is 19.0 Å². The number of pyridine rings is 1. The molecule has 1 unspecified atom stereocenters. The molecule has 1 aliphatic heterocycles. The van der Waals surface area contributed by atoms with Gasteiger partial charge in [0.1, 0.15) is 24.3 Å². The molecule has 0 saturated heterocycles. The zero-order valence-electron chi connectivity index (χ0n) is 19.3. The molecular weight excluding hydrogens is 443 g/mol. The van der Waals surface area contributed by atoms with Crippen molar-refractivity contribution in [2.24, 2.45) is 4.99 Å². The molecule has 10 heteroatoms. The first-order valence-corrected chi connectivity index (χ1v) is 10.8. The Morgan fingerprint density at radius 3 is 2.79 bits per heavy atom. The van der Waals surface area contributed by atoms with Crippen molar-refractivity contribution in [3.63, 3.8) is 0 Å². The lowest BCUT2D eigenvalue weighted by Gasteiger charge is -2.24. The number of hydrogen-bond acceptors (Lipinski definition) is 9. The summed E-state index contributed by atoms with van der Waals surface area (Å²) in [5, 5.41) is 7.05. The minimum absolute atomic E-state index is 0.0342. The highest BCUT2D eigenvalue weighted by atomic mass is 19.1. The van der Waals surface area contributed by atoms with Crippen LogP contribution in [0, 0.1) is 5.82 Å². The number of anilines is 1.